The summed E-state index contributed by atoms with van der Waals surface area (Å²) in [4.78, 5) is 0. The molecule has 0 aromatic rings. The van der Waals surface area contributed by atoms with Crippen molar-refractivity contribution >= 4 is 19.7 Å². The molecule has 1 unspecified atom stereocenters. The molecule has 1 saturated heterocycles. The Morgan fingerprint density at radius 2 is 1.80 bits per heavy atom. The molecule has 5 nitrogen and oxygen atoms in total. The van der Waals surface area contributed by atoms with Crippen molar-refractivity contribution in [2.75, 3.05) is 23.9 Å². The second kappa shape index (κ2) is 6.47. The van der Waals surface area contributed by atoms with Crippen LogP contribution in [0.15, 0.2) is 11.8 Å². The Hall–Kier alpha value is -0.560. The zero-order chi connectivity index (χ0) is 14.6. The maximum Gasteiger partial charge on any atom is 0.155 e. The first-order valence-corrected chi connectivity index (χ1v) is 10.6. The van der Waals surface area contributed by atoms with Gasteiger partial charge >= 0.3 is 0 Å². The normalized spacial score (nSPS) is 28.2. The fourth-order valence-electron chi connectivity index (χ4n) is 2.66. The van der Waals surface area contributed by atoms with E-state index in [4.69, 9.17) is 4.74 Å². The van der Waals surface area contributed by atoms with E-state index in [0.29, 0.717) is 19.4 Å². The van der Waals surface area contributed by atoms with Crippen molar-refractivity contribution in [1.29, 1.82) is 0 Å². The summed E-state index contributed by atoms with van der Waals surface area (Å²) in [6, 6.07) is 0. The van der Waals surface area contributed by atoms with Crippen molar-refractivity contribution in [3.8, 4) is 0 Å². The molecule has 2 aliphatic rings. The summed E-state index contributed by atoms with van der Waals surface area (Å²) in [7, 11) is -6.44. The van der Waals surface area contributed by atoms with E-state index in [0.717, 1.165) is 12.8 Å². The van der Waals surface area contributed by atoms with Crippen LogP contribution in [0.2, 0.25) is 0 Å². The van der Waals surface area contributed by atoms with Crippen molar-refractivity contribution in [1.82, 2.24) is 0 Å². The Morgan fingerprint density at radius 1 is 1.10 bits per heavy atom. The first-order chi connectivity index (χ1) is 9.39. The van der Waals surface area contributed by atoms with Gasteiger partial charge in [-0.25, -0.2) is 16.8 Å². The topological polar surface area (TPSA) is 77.5 Å². The summed E-state index contributed by atoms with van der Waals surface area (Å²) in [5, 5.41) is -0.746. The molecule has 1 aliphatic heterocycles. The Bertz CT molecular complexity index is 552. The van der Waals surface area contributed by atoms with Gasteiger partial charge in [0.2, 0.25) is 0 Å². The molecule has 20 heavy (non-hydrogen) atoms. The lowest BCUT2D eigenvalue weighted by Crippen LogP contribution is -2.40. The van der Waals surface area contributed by atoms with E-state index in [1.54, 1.807) is 6.26 Å². The minimum Gasteiger partial charge on any atom is -0.501 e. The molecule has 7 heteroatoms. The molecule has 116 valence electrons. The van der Waals surface area contributed by atoms with Gasteiger partial charge in [0, 0.05) is 0 Å². The van der Waals surface area contributed by atoms with Gasteiger partial charge < -0.3 is 4.74 Å². The average molecular weight is 322 g/mol. The van der Waals surface area contributed by atoms with Gasteiger partial charge in [0.25, 0.3) is 0 Å². The third kappa shape index (κ3) is 4.48. The molecule has 2 rings (SSSR count). The molecule has 0 bridgehead atoms. The monoisotopic (exact) mass is 322 g/mol. The Morgan fingerprint density at radius 3 is 2.50 bits per heavy atom. The van der Waals surface area contributed by atoms with Gasteiger partial charge in [0.15, 0.2) is 19.7 Å². The molecule has 1 atom stereocenters. The largest absolute Gasteiger partial charge is 0.501 e. The zero-order valence-electron chi connectivity index (χ0n) is 11.6. The van der Waals surface area contributed by atoms with E-state index in [9.17, 15) is 16.8 Å². The number of sulfone groups is 2. The summed E-state index contributed by atoms with van der Waals surface area (Å²) in [6.45, 7) is 0.454. The van der Waals surface area contributed by atoms with Crippen molar-refractivity contribution in [2.24, 2.45) is 0 Å². The van der Waals surface area contributed by atoms with Crippen LogP contribution in [-0.4, -0.2) is 46.0 Å². The molecular formula is C13H22O5S2. The lowest BCUT2D eigenvalue weighted by atomic mass is 10.2. The third-order valence-corrected chi connectivity index (χ3v) is 8.31. The molecule has 2 fully saturated rings. The minimum absolute atomic E-state index is 0.226. The van der Waals surface area contributed by atoms with Crippen LogP contribution in [0.3, 0.4) is 0 Å². The van der Waals surface area contributed by atoms with Gasteiger partial charge in [-0.05, 0) is 44.1 Å². The molecule has 0 spiro atoms. The third-order valence-electron chi connectivity index (χ3n) is 3.91. The Kier molecular flexibility index (Phi) is 5.12. The lowest BCUT2D eigenvalue weighted by Gasteiger charge is -2.22. The molecule has 1 saturated carbocycles. The van der Waals surface area contributed by atoms with Crippen LogP contribution in [0.5, 0.6) is 0 Å². The maximum atomic E-state index is 11.8. The van der Waals surface area contributed by atoms with Gasteiger partial charge in [0.1, 0.15) is 0 Å². The number of ether oxygens (including phenoxy) is 1. The van der Waals surface area contributed by atoms with Crippen molar-refractivity contribution in [3.63, 3.8) is 0 Å². The van der Waals surface area contributed by atoms with E-state index in [1.807, 2.05) is 0 Å². The zero-order valence-corrected chi connectivity index (χ0v) is 13.2. The molecular weight excluding hydrogens is 300 g/mol. The van der Waals surface area contributed by atoms with Crippen LogP contribution in [-0.2, 0) is 24.4 Å². The van der Waals surface area contributed by atoms with Crippen LogP contribution in [0.4, 0.5) is 0 Å². The fourth-order valence-corrected chi connectivity index (χ4v) is 7.82. The Balaban J connectivity index is 1.76. The molecule has 0 radical (unpaired) electrons. The van der Waals surface area contributed by atoms with E-state index < -0.39 is 24.9 Å². The van der Waals surface area contributed by atoms with Crippen molar-refractivity contribution in [2.45, 2.75) is 43.8 Å². The first kappa shape index (κ1) is 15.8. The number of hydrogen-bond acceptors (Lipinski definition) is 5. The van der Waals surface area contributed by atoms with E-state index >= 15 is 0 Å². The standard InChI is InChI=1S/C13H22O5S2/c14-19(15)8-9-20(16,17)13(11-19)6-3-7-18-10-12-4-1-2-5-12/h10,13H,1-9,11H2. The smallest absolute Gasteiger partial charge is 0.155 e. The van der Waals surface area contributed by atoms with Crippen molar-refractivity contribution < 1.29 is 21.6 Å². The van der Waals surface area contributed by atoms with Gasteiger partial charge in [-0.15, -0.1) is 0 Å². The summed E-state index contributed by atoms with van der Waals surface area (Å²) >= 11 is 0. The molecule has 0 amide bonds. The second-order valence-corrected chi connectivity index (χ2v) is 10.2. The number of hydrogen-bond donors (Lipinski definition) is 0. The highest BCUT2D eigenvalue weighted by Crippen LogP contribution is 2.23. The van der Waals surface area contributed by atoms with Gasteiger partial charge in [-0.2, -0.15) is 0 Å². The van der Waals surface area contributed by atoms with E-state index in [1.165, 1.54) is 18.4 Å². The molecule has 0 N–H and O–H groups in total. The summed E-state index contributed by atoms with van der Waals surface area (Å²) < 4.78 is 52.1. The summed E-state index contributed by atoms with van der Waals surface area (Å²) in [6.07, 6.45) is 7.35. The first-order valence-electron chi connectivity index (χ1n) is 7.11. The van der Waals surface area contributed by atoms with Crippen LogP contribution in [0.1, 0.15) is 38.5 Å². The van der Waals surface area contributed by atoms with E-state index in [2.05, 4.69) is 0 Å². The number of allylic oxidation sites excluding steroid dienone is 1. The molecule has 0 aromatic carbocycles. The van der Waals surface area contributed by atoms with Gasteiger partial charge in [-0.3, -0.25) is 0 Å². The van der Waals surface area contributed by atoms with Gasteiger partial charge in [0.05, 0.1) is 35.4 Å². The predicted molar refractivity (Wildman–Crippen MR) is 78.0 cm³/mol. The number of rotatable bonds is 5. The summed E-state index contributed by atoms with van der Waals surface area (Å²) in [5.74, 6) is -0.685. The SMILES string of the molecule is O=S1(=O)CCS(=O)(=O)C(CCCOC=C2CCCC2)C1. The van der Waals surface area contributed by atoms with Crippen LogP contribution >= 0.6 is 0 Å². The molecule has 1 heterocycles. The molecule has 0 aromatic heterocycles. The van der Waals surface area contributed by atoms with Crippen molar-refractivity contribution in [3.05, 3.63) is 11.8 Å². The average Bonchev–Trinajstić information content (AvgIpc) is 2.87. The highest BCUT2D eigenvalue weighted by atomic mass is 32.2. The van der Waals surface area contributed by atoms with Crippen LogP contribution in [0, 0.1) is 0 Å². The van der Waals surface area contributed by atoms with Crippen LogP contribution in [0.25, 0.3) is 0 Å². The van der Waals surface area contributed by atoms with Gasteiger partial charge in [-0.1, -0.05) is 0 Å². The van der Waals surface area contributed by atoms with Crippen LogP contribution < -0.4 is 0 Å². The fraction of sp³-hybridized carbons (Fsp3) is 0.846. The molecule has 1 aliphatic carbocycles. The second-order valence-electron chi connectivity index (χ2n) is 5.60. The maximum absolute atomic E-state index is 11.8. The quantitative estimate of drug-likeness (QED) is 0.565. The van der Waals surface area contributed by atoms with E-state index in [-0.39, 0.29) is 17.3 Å². The predicted octanol–water partition coefficient (Wildman–Crippen LogP) is 1.45. The summed E-state index contributed by atoms with van der Waals surface area (Å²) in [5.41, 5.74) is 1.32. The highest BCUT2D eigenvalue weighted by Gasteiger charge is 2.36. The Labute approximate surface area is 121 Å². The lowest BCUT2D eigenvalue weighted by molar-refractivity contribution is 0.238. The minimum atomic E-state index is -3.25. The highest BCUT2D eigenvalue weighted by molar-refractivity contribution is 7.98.